The highest BCUT2D eigenvalue weighted by molar-refractivity contribution is 6.10. The first-order valence-corrected chi connectivity index (χ1v) is 9.72. The second-order valence-electron chi connectivity index (χ2n) is 7.30. The molecule has 6 nitrogen and oxygen atoms in total. The van der Waals surface area contributed by atoms with Crippen molar-refractivity contribution in [2.75, 3.05) is 20.3 Å². The van der Waals surface area contributed by atoms with Crippen molar-refractivity contribution >= 4 is 21.8 Å². The van der Waals surface area contributed by atoms with Gasteiger partial charge in [-0.15, -0.1) is 0 Å². The molecule has 1 atom stereocenters. The van der Waals surface area contributed by atoms with Gasteiger partial charge in [0.15, 0.2) is 0 Å². The lowest BCUT2D eigenvalue weighted by atomic mass is 9.95. The van der Waals surface area contributed by atoms with Gasteiger partial charge in [-0.25, -0.2) is 0 Å². The highest BCUT2D eigenvalue weighted by Crippen LogP contribution is 2.36. The summed E-state index contributed by atoms with van der Waals surface area (Å²) in [6, 6.07) is 6.31. The van der Waals surface area contributed by atoms with Crippen molar-refractivity contribution < 1.29 is 14.6 Å². The molecule has 4 rings (SSSR count). The summed E-state index contributed by atoms with van der Waals surface area (Å²) in [5, 5.41) is 15.9. The van der Waals surface area contributed by atoms with Crippen LogP contribution in [-0.4, -0.2) is 47.5 Å². The third-order valence-electron chi connectivity index (χ3n) is 5.35. The molecule has 2 heterocycles. The van der Waals surface area contributed by atoms with Gasteiger partial charge in [-0.2, -0.15) is 0 Å². The fourth-order valence-corrected chi connectivity index (χ4v) is 3.91. The lowest BCUT2D eigenvalue weighted by molar-refractivity contribution is 0.102. The van der Waals surface area contributed by atoms with Gasteiger partial charge in [-0.1, -0.05) is 19.3 Å². The van der Waals surface area contributed by atoms with Crippen LogP contribution in [-0.2, 0) is 0 Å². The van der Waals surface area contributed by atoms with Crippen LogP contribution < -0.4 is 14.8 Å². The fourth-order valence-electron chi connectivity index (χ4n) is 3.91. The fraction of sp³-hybridized carbons (Fsp3) is 0.476. The Morgan fingerprint density at radius 1 is 1.26 bits per heavy atom. The lowest BCUT2D eigenvalue weighted by Gasteiger charge is -2.24. The summed E-state index contributed by atoms with van der Waals surface area (Å²) in [4.78, 5) is 7.52. The molecule has 2 aromatic heterocycles. The molecule has 1 fully saturated rings. The first-order chi connectivity index (χ1) is 13.2. The van der Waals surface area contributed by atoms with Crippen molar-refractivity contribution in [1.29, 1.82) is 0 Å². The molecule has 0 amide bonds. The summed E-state index contributed by atoms with van der Waals surface area (Å²) in [6.45, 7) is 0.787. The Hall–Kier alpha value is -2.31. The van der Waals surface area contributed by atoms with Gasteiger partial charge in [0.05, 0.1) is 24.3 Å². The number of nitrogens with zero attached hydrogens (tertiary/aromatic N) is 1. The Kier molecular flexibility index (Phi) is 5.45. The van der Waals surface area contributed by atoms with Crippen LogP contribution in [0.2, 0.25) is 0 Å². The number of aromatic nitrogens is 2. The Balaban J connectivity index is 1.48. The van der Waals surface area contributed by atoms with Gasteiger partial charge >= 0.3 is 0 Å². The molecule has 144 valence electrons. The van der Waals surface area contributed by atoms with E-state index < -0.39 is 6.10 Å². The van der Waals surface area contributed by atoms with Crippen LogP contribution in [0.1, 0.15) is 32.1 Å². The van der Waals surface area contributed by atoms with Crippen LogP contribution in [0.3, 0.4) is 0 Å². The highest BCUT2D eigenvalue weighted by Gasteiger charge is 2.16. The van der Waals surface area contributed by atoms with Gasteiger partial charge < -0.3 is 24.9 Å². The van der Waals surface area contributed by atoms with Crippen LogP contribution in [0.15, 0.2) is 30.6 Å². The Labute approximate surface area is 158 Å². The third-order valence-corrected chi connectivity index (χ3v) is 5.35. The van der Waals surface area contributed by atoms with Crippen molar-refractivity contribution in [3.8, 4) is 11.5 Å². The number of hydrogen-bond donors (Lipinski definition) is 3. The molecule has 1 saturated carbocycles. The normalized spacial score (nSPS) is 16.7. The first kappa shape index (κ1) is 18.1. The van der Waals surface area contributed by atoms with E-state index in [2.05, 4.69) is 15.3 Å². The lowest BCUT2D eigenvalue weighted by Crippen LogP contribution is -2.38. The van der Waals surface area contributed by atoms with Crippen LogP contribution in [0.5, 0.6) is 11.5 Å². The molecule has 1 aliphatic rings. The van der Waals surface area contributed by atoms with Crippen LogP contribution in [0.4, 0.5) is 0 Å². The number of aromatic amines is 1. The van der Waals surface area contributed by atoms with E-state index in [1.807, 2.05) is 18.2 Å². The van der Waals surface area contributed by atoms with Crippen molar-refractivity contribution in [1.82, 2.24) is 15.3 Å². The van der Waals surface area contributed by atoms with E-state index in [0.29, 0.717) is 24.1 Å². The minimum Gasteiger partial charge on any atom is -0.497 e. The number of ether oxygens (including phenoxy) is 2. The van der Waals surface area contributed by atoms with Gasteiger partial charge in [0.1, 0.15) is 24.2 Å². The summed E-state index contributed by atoms with van der Waals surface area (Å²) in [6.07, 6.45) is 9.31. The average Bonchev–Trinajstić information content (AvgIpc) is 3.09. The quantitative estimate of drug-likeness (QED) is 0.595. The molecule has 0 spiro atoms. The molecular formula is C21H27N3O3. The predicted octanol–water partition coefficient (Wildman–Crippen LogP) is 3.39. The molecule has 1 unspecified atom stereocenters. The highest BCUT2D eigenvalue weighted by atomic mass is 16.5. The maximum atomic E-state index is 10.4. The van der Waals surface area contributed by atoms with E-state index in [9.17, 15) is 5.11 Å². The van der Waals surface area contributed by atoms with Gasteiger partial charge in [0, 0.05) is 41.7 Å². The second kappa shape index (κ2) is 8.15. The number of methoxy groups -OCH3 is 1. The number of aliphatic hydroxyl groups excluding tert-OH is 1. The van der Waals surface area contributed by atoms with E-state index >= 15 is 0 Å². The van der Waals surface area contributed by atoms with E-state index in [1.54, 1.807) is 19.5 Å². The second-order valence-corrected chi connectivity index (χ2v) is 7.30. The summed E-state index contributed by atoms with van der Waals surface area (Å²) in [7, 11) is 1.64. The number of pyridine rings is 1. The van der Waals surface area contributed by atoms with Gasteiger partial charge in [-0.05, 0) is 18.9 Å². The molecule has 27 heavy (non-hydrogen) atoms. The Morgan fingerprint density at radius 3 is 2.93 bits per heavy atom. The summed E-state index contributed by atoms with van der Waals surface area (Å²) < 4.78 is 11.4. The standard InChI is InChI=1S/C21H27N3O3/c1-26-16-9-18-21(17-7-8-22-12-19(17)24-18)20(10-16)27-13-15(25)11-23-14-5-3-2-4-6-14/h7-10,12,14-15,23-25H,2-6,11,13H2,1H3. The summed E-state index contributed by atoms with van der Waals surface area (Å²) in [5.41, 5.74) is 1.88. The van der Waals surface area contributed by atoms with Gasteiger partial charge in [0.25, 0.3) is 0 Å². The minimum absolute atomic E-state index is 0.236. The molecule has 1 aromatic carbocycles. The maximum Gasteiger partial charge on any atom is 0.133 e. The van der Waals surface area contributed by atoms with Gasteiger partial charge in [0.2, 0.25) is 0 Å². The molecular weight excluding hydrogens is 342 g/mol. The smallest absolute Gasteiger partial charge is 0.133 e. The zero-order valence-corrected chi connectivity index (χ0v) is 15.7. The molecule has 0 aliphatic heterocycles. The van der Waals surface area contributed by atoms with E-state index in [4.69, 9.17) is 9.47 Å². The van der Waals surface area contributed by atoms with Gasteiger partial charge in [-0.3, -0.25) is 4.98 Å². The third kappa shape index (κ3) is 4.01. The monoisotopic (exact) mass is 369 g/mol. The van der Waals surface area contributed by atoms with Crippen LogP contribution >= 0.6 is 0 Å². The van der Waals surface area contributed by atoms with E-state index in [0.717, 1.165) is 21.8 Å². The molecule has 0 bridgehead atoms. The number of hydrogen-bond acceptors (Lipinski definition) is 5. The van der Waals surface area contributed by atoms with E-state index in [1.165, 1.54) is 32.1 Å². The minimum atomic E-state index is -0.556. The molecule has 0 saturated heterocycles. The predicted molar refractivity (Wildman–Crippen MR) is 107 cm³/mol. The first-order valence-electron chi connectivity index (χ1n) is 9.72. The average molecular weight is 369 g/mol. The Bertz CT molecular complexity index is 902. The van der Waals surface area contributed by atoms with Crippen molar-refractivity contribution in [3.63, 3.8) is 0 Å². The van der Waals surface area contributed by atoms with Crippen molar-refractivity contribution in [2.45, 2.75) is 44.2 Å². The Morgan fingerprint density at radius 2 is 2.11 bits per heavy atom. The maximum absolute atomic E-state index is 10.4. The summed E-state index contributed by atoms with van der Waals surface area (Å²) >= 11 is 0. The van der Waals surface area contributed by atoms with Crippen molar-refractivity contribution in [3.05, 3.63) is 30.6 Å². The zero-order valence-electron chi connectivity index (χ0n) is 15.7. The number of H-pyrrole nitrogens is 1. The molecule has 6 heteroatoms. The number of rotatable bonds is 7. The largest absolute Gasteiger partial charge is 0.497 e. The molecule has 3 N–H and O–H groups in total. The number of fused-ring (bicyclic) bond motifs is 3. The summed E-state index contributed by atoms with van der Waals surface area (Å²) in [5.74, 6) is 1.42. The molecule has 1 aliphatic carbocycles. The molecule has 0 radical (unpaired) electrons. The van der Waals surface area contributed by atoms with E-state index in [-0.39, 0.29) is 6.61 Å². The number of aliphatic hydroxyl groups is 1. The number of nitrogens with one attached hydrogen (secondary N) is 2. The van der Waals surface area contributed by atoms with Crippen LogP contribution in [0, 0.1) is 0 Å². The number of benzene rings is 1. The SMILES string of the molecule is COc1cc(OCC(O)CNC2CCCCC2)c2c(c1)[nH]c1cnccc12. The van der Waals surface area contributed by atoms with Crippen LogP contribution in [0.25, 0.3) is 21.8 Å². The van der Waals surface area contributed by atoms with Crippen molar-refractivity contribution in [2.24, 2.45) is 0 Å². The molecule has 3 aromatic rings. The zero-order chi connectivity index (χ0) is 18.6. The topological polar surface area (TPSA) is 79.4 Å².